The van der Waals surface area contributed by atoms with Crippen molar-refractivity contribution in [2.45, 2.75) is 13.0 Å². The maximum absolute atomic E-state index is 8.60. The summed E-state index contributed by atoms with van der Waals surface area (Å²) < 4.78 is 0. The molecule has 0 bridgehead atoms. The summed E-state index contributed by atoms with van der Waals surface area (Å²) in [6, 6.07) is 7.44. The van der Waals surface area contributed by atoms with E-state index in [1.54, 1.807) is 12.1 Å². The van der Waals surface area contributed by atoms with Crippen LogP contribution < -0.4 is 11.1 Å². The largest absolute Gasteiger partial charge is 0.409 e. The van der Waals surface area contributed by atoms with Crippen molar-refractivity contribution in [2.75, 3.05) is 13.2 Å². The topological polar surface area (TPSA) is 90.9 Å². The van der Waals surface area contributed by atoms with E-state index in [1.807, 2.05) is 12.1 Å². The average molecular weight is 223 g/mol. The molecule has 1 aromatic carbocycles. The lowest BCUT2D eigenvalue weighted by Crippen LogP contribution is -2.16. The van der Waals surface area contributed by atoms with Crippen molar-refractivity contribution in [3.05, 3.63) is 35.4 Å². The SMILES string of the molecule is NC(=NO)c1ccc(CNCCCO)cc1. The predicted octanol–water partition coefficient (Wildman–Crippen LogP) is 0.253. The number of hydrogen-bond acceptors (Lipinski definition) is 4. The zero-order valence-electron chi connectivity index (χ0n) is 9.06. The number of amidine groups is 1. The highest BCUT2D eigenvalue weighted by atomic mass is 16.4. The Bertz CT molecular complexity index is 336. The third-order valence-electron chi connectivity index (χ3n) is 2.20. The highest BCUT2D eigenvalue weighted by Gasteiger charge is 1.98. The standard InChI is InChI=1S/C11H17N3O2/c12-11(14-16)10-4-2-9(3-5-10)8-13-6-1-7-15/h2-5,13,15-16H,1,6-8H2,(H2,12,14). The minimum atomic E-state index is 0.111. The van der Waals surface area contributed by atoms with E-state index in [-0.39, 0.29) is 12.4 Å². The molecule has 0 amide bonds. The van der Waals surface area contributed by atoms with Crippen molar-refractivity contribution in [1.29, 1.82) is 0 Å². The third-order valence-corrected chi connectivity index (χ3v) is 2.20. The van der Waals surface area contributed by atoms with Crippen LogP contribution in [-0.2, 0) is 6.54 Å². The van der Waals surface area contributed by atoms with Crippen LogP contribution in [0.3, 0.4) is 0 Å². The minimum Gasteiger partial charge on any atom is -0.409 e. The molecular formula is C11H17N3O2. The molecule has 0 saturated heterocycles. The summed E-state index contributed by atoms with van der Waals surface area (Å²) in [5.74, 6) is 0.111. The number of benzene rings is 1. The Morgan fingerprint density at radius 2 is 2.00 bits per heavy atom. The molecule has 0 fully saturated rings. The molecule has 0 spiro atoms. The lowest BCUT2D eigenvalue weighted by atomic mass is 10.1. The fourth-order valence-electron chi connectivity index (χ4n) is 1.29. The molecule has 1 rings (SSSR count). The molecule has 0 aliphatic carbocycles. The Hall–Kier alpha value is -1.59. The second-order valence-corrected chi connectivity index (χ2v) is 3.44. The molecule has 1 aromatic rings. The van der Waals surface area contributed by atoms with Crippen LogP contribution >= 0.6 is 0 Å². The first-order valence-corrected chi connectivity index (χ1v) is 5.16. The number of nitrogens with zero attached hydrogens (tertiary/aromatic N) is 1. The lowest BCUT2D eigenvalue weighted by molar-refractivity contribution is 0.286. The van der Waals surface area contributed by atoms with Gasteiger partial charge in [0.2, 0.25) is 0 Å². The molecule has 0 aromatic heterocycles. The molecule has 0 aliphatic rings. The Balaban J connectivity index is 2.45. The van der Waals surface area contributed by atoms with Crippen LogP contribution in [0.5, 0.6) is 0 Å². The molecule has 0 radical (unpaired) electrons. The summed E-state index contributed by atoms with van der Waals surface area (Å²) in [4.78, 5) is 0. The molecule has 0 atom stereocenters. The number of rotatable bonds is 6. The average Bonchev–Trinajstić information content (AvgIpc) is 2.34. The van der Waals surface area contributed by atoms with Crippen molar-refractivity contribution in [1.82, 2.24) is 5.32 Å². The fourth-order valence-corrected chi connectivity index (χ4v) is 1.29. The van der Waals surface area contributed by atoms with Crippen LogP contribution in [0.2, 0.25) is 0 Å². The maximum Gasteiger partial charge on any atom is 0.170 e. The number of aliphatic hydroxyl groups is 1. The molecule has 5 heteroatoms. The predicted molar refractivity (Wildman–Crippen MR) is 62.4 cm³/mol. The molecule has 5 N–H and O–H groups in total. The van der Waals surface area contributed by atoms with Crippen LogP contribution in [0.1, 0.15) is 17.5 Å². The Kier molecular flexibility index (Phi) is 5.31. The van der Waals surface area contributed by atoms with E-state index < -0.39 is 0 Å². The van der Waals surface area contributed by atoms with E-state index in [9.17, 15) is 0 Å². The molecular weight excluding hydrogens is 206 g/mol. The second kappa shape index (κ2) is 6.81. The van der Waals surface area contributed by atoms with E-state index in [2.05, 4.69) is 10.5 Å². The number of aliphatic hydroxyl groups excluding tert-OH is 1. The summed E-state index contributed by atoms with van der Waals surface area (Å²) in [6.45, 7) is 1.74. The van der Waals surface area contributed by atoms with Gasteiger partial charge >= 0.3 is 0 Å². The molecule has 0 heterocycles. The molecule has 0 aliphatic heterocycles. The van der Waals surface area contributed by atoms with Gasteiger partial charge in [0.05, 0.1) is 0 Å². The van der Waals surface area contributed by atoms with Gasteiger partial charge in [-0.3, -0.25) is 0 Å². The summed E-state index contributed by atoms with van der Waals surface area (Å²) in [6.07, 6.45) is 0.752. The monoisotopic (exact) mass is 223 g/mol. The molecule has 0 saturated carbocycles. The Morgan fingerprint density at radius 1 is 1.31 bits per heavy atom. The zero-order valence-corrected chi connectivity index (χ0v) is 9.06. The number of nitrogens with one attached hydrogen (secondary N) is 1. The quantitative estimate of drug-likeness (QED) is 0.183. The van der Waals surface area contributed by atoms with Gasteiger partial charge in [-0.2, -0.15) is 0 Å². The smallest absolute Gasteiger partial charge is 0.170 e. The van der Waals surface area contributed by atoms with Crippen molar-refractivity contribution >= 4 is 5.84 Å². The molecule has 0 unspecified atom stereocenters. The first kappa shape index (κ1) is 12.5. The van der Waals surface area contributed by atoms with Crippen molar-refractivity contribution < 1.29 is 10.3 Å². The number of nitrogens with two attached hydrogens (primary N) is 1. The molecule has 88 valence electrons. The highest BCUT2D eigenvalue weighted by Crippen LogP contribution is 2.03. The number of oxime groups is 1. The van der Waals surface area contributed by atoms with Crippen molar-refractivity contribution in [3.8, 4) is 0 Å². The zero-order chi connectivity index (χ0) is 11.8. The second-order valence-electron chi connectivity index (χ2n) is 3.44. The highest BCUT2D eigenvalue weighted by molar-refractivity contribution is 5.96. The van der Waals surface area contributed by atoms with Gasteiger partial charge < -0.3 is 21.4 Å². The van der Waals surface area contributed by atoms with Crippen LogP contribution in [0, 0.1) is 0 Å². The molecule has 5 nitrogen and oxygen atoms in total. The first-order valence-electron chi connectivity index (χ1n) is 5.16. The summed E-state index contributed by atoms with van der Waals surface area (Å²) in [5, 5.41) is 23.2. The van der Waals surface area contributed by atoms with Gasteiger partial charge in [0.1, 0.15) is 0 Å². The summed E-state index contributed by atoms with van der Waals surface area (Å²) in [5.41, 5.74) is 7.25. The number of hydrogen-bond donors (Lipinski definition) is 4. The van der Waals surface area contributed by atoms with Crippen LogP contribution in [0.4, 0.5) is 0 Å². The van der Waals surface area contributed by atoms with Gasteiger partial charge in [0.25, 0.3) is 0 Å². The summed E-state index contributed by atoms with van der Waals surface area (Å²) in [7, 11) is 0. The molecule has 16 heavy (non-hydrogen) atoms. The van der Waals surface area contributed by atoms with Crippen LogP contribution in [0.15, 0.2) is 29.4 Å². The summed E-state index contributed by atoms with van der Waals surface area (Å²) >= 11 is 0. The van der Waals surface area contributed by atoms with E-state index in [1.165, 1.54) is 0 Å². The maximum atomic E-state index is 8.60. The van der Waals surface area contributed by atoms with Gasteiger partial charge in [-0.15, -0.1) is 0 Å². The van der Waals surface area contributed by atoms with E-state index >= 15 is 0 Å². The normalized spacial score (nSPS) is 11.7. The Labute approximate surface area is 94.6 Å². The van der Waals surface area contributed by atoms with E-state index in [0.717, 1.165) is 25.1 Å². The lowest BCUT2D eigenvalue weighted by Gasteiger charge is -2.04. The Morgan fingerprint density at radius 3 is 2.56 bits per heavy atom. The third kappa shape index (κ3) is 3.88. The van der Waals surface area contributed by atoms with Crippen molar-refractivity contribution in [2.24, 2.45) is 10.9 Å². The van der Waals surface area contributed by atoms with Gasteiger partial charge in [-0.25, -0.2) is 0 Å². The van der Waals surface area contributed by atoms with E-state index in [4.69, 9.17) is 16.0 Å². The van der Waals surface area contributed by atoms with Gasteiger partial charge in [0.15, 0.2) is 5.84 Å². The van der Waals surface area contributed by atoms with Crippen LogP contribution in [-0.4, -0.2) is 29.3 Å². The van der Waals surface area contributed by atoms with Gasteiger partial charge in [0, 0.05) is 18.7 Å². The van der Waals surface area contributed by atoms with Gasteiger partial charge in [-0.1, -0.05) is 29.4 Å². The minimum absolute atomic E-state index is 0.111. The first-order chi connectivity index (χ1) is 7.77. The fraction of sp³-hybridized carbons (Fsp3) is 0.364. The van der Waals surface area contributed by atoms with E-state index in [0.29, 0.717) is 5.56 Å². The van der Waals surface area contributed by atoms with Gasteiger partial charge in [-0.05, 0) is 18.5 Å². The van der Waals surface area contributed by atoms with Crippen molar-refractivity contribution in [3.63, 3.8) is 0 Å². The van der Waals surface area contributed by atoms with Crippen LogP contribution in [0.25, 0.3) is 0 Å².